The average Bonchev–Trinajstić information content (AvgIpc) is 3.66. The number of nitrogens with two attached hydrogens (primary N) is 1. The van der Waals surface area contributed by atoms with Gasteiger partial charge in [-0.15, -0.1) is 23.1 Å². The smallest absolute Gasteiger partial charge is 0.352 e. The lowest BCUT2D eigenvalue weighted by molar-refractivity contribution is -0.684. The van der Waals surface area contributed by atoms with Gasteiger partial charge in [-0.05, 0) is 36.3 Å². The van der Waals surface area contributed by atoms with Crippen molar-refractivity contribution in [2.24, 2.45) is 5.16 Å². The number of nitrogens with one attached hydrogen (secondary N) is 2. The fraction of sp³-hybridized carbons (Fsp3) is 0.226. The number of carbonyl (C=O) groups excluding carboxylic acids is 4. The van der Waals surface area contributed by atoms with Crippen LogP contribution in [0.2, 0.25) is 0 Å². The fourth-order valence-corrected chi connectivity index (χ4v) is 7.53. The Morgan fingerprint density at radius 3 is 2.74 bits per heavy atom. The molecule has 0 spiro atoms. The number of pyridine rings is 1. The van der Waals surface area contributed by atoms with Crippen molar-refractivity contribution >= 4 is 69.2 Å². The number of fused-ring (bicyclic) bond motifs is 1. The molecule has 3 aromatic rings. The molecule has 2 saturated heterocycles. The predicted octanol–water partition coefficient (Wildman–Crippen LogP) is 0.772. The number of carboxylic acid groups (broad SMARTS) is 1. The number of carbonyl (C=O) groups is 5. The summed E-state index contributed by atoms with van der Waals surface area (Å²) in [6.07, 6.45) is 5.19. The third-order valence-electron chi connectivity index (χ3n) is 7.98. The first-order valence-electron chi connectivity index (χ1n) is 14.8. The molecule has 0 saturated carbocycles. The molecule has 0 radical (unpaired) electrons. The first-order chi connectivity index (χ1) is 23.9. The van der Waals surface area contributed by atoms with E-state index in [2.05, 4.69) is 20.8 Å². The molecule has 5 heterocycles. The lowest BCUT2D eigenvalue weighted by Crippen LogP contribution is -2.71. The number of nitrogens with zero attached hydrogens (tertiary/aromatic N) is 5. The van der Waals surface area contributed by atoms with Crippen LogP contribution < -0.4 is 20.9 Å². The second-order valence-electron chi connectivity index (χ2n) is 11.3. The van der Waals surface area contributed by atoms with Crippen LogP contribution in [-0.4, -0.2) is 89.2 Å². The van der Waals surface area contributed by atoms with Crippen molar-refractivity contribution in [2.75, 3.05) is 23.3 Å². The Labute approximate surface area is 290 Å². The Kier molecular flexibility index (Phi) is 9.51. The van der Waals surface area contributed by atoms with E-state index in [4.69, 9.17) is 5.73 Å². The standard InChI is InChI=1S/C31H27FN8O8S2/c32-19-9-18(3-4-21(19)41)34-22(42)12-38-6-1-2-15(10-38)11-39-7-5-16(27(39)44)8-17-13-49-29-24(28(45)40(29)25(17)30(46)47)36-26(43)23(37-48)20-14-50-31(33)35-20/h1-4,6,8-10,14,24,29H,5,7,11-13H2,(H6-,33,34,35,36,37,41,42,43,46,47,48)/p+1/b16-8+/t24-,29-/m1/s1. The number of aromatic hydroxyl groups is 1. The zero-order chi connectivity index (χ0) is 35.7. The first kappa shape index (κ1) is 34.1. The maximum Gasteiger partial charge on any atom is 0.352 e. The van der Waals surface area contributed by atoms with E-state index in [1.54, 1.807) is 34.0 Å². The normalized spacial score (nSPS) is 19.8. The zero-order valence-electron chi connectivity index (χ0n) is 25.8. The van der Waals surface area contributed by atoms with Crippen molar-refractivity contribution in [3.05, 3.63) is 88.1 Å². The monoisotopic (exact) mass is 723 g/mol. The second-order valence-corrected chi connectivity index (χ2v) is 13.3. The molecular weight excluding hydrogens is 696 g/mol. The summed E-state index contributed by atoms with van der Waals surface area (Å²) in [4.78, 5) is 70.7. The van der Waals surface area contributed by atoms with Crippen LogP contribution in [0.4, 0.5) is 15.2 Å². The number of aliphatic carboxylic acids is 1. The molecule has 2 fully saturated rings. The van der Waals surface area contributed by atoms with E-state index in [1.165, 1.54) is 29.3 Å². The average molecular weight is 724 g/mol. The number of halogens is 1. The Morgan fingerprint density at radius 1 is 1.24 bits per heavy atom. The van der Waals surface area contributed by atoms with Crippen LogP contribution in [0, 0.1) is 5.82 Å². The molecule has 1 aromatic carbocycles. The lowest BCUT2D eigenvalue weighted by Gasteiger charge is -2.49. The second kappa shape index (κ2) is 14.0. The highest BCUT2D eigenvalue weighted by molar-refractivity contribution is 8.00. The molecule has 6 rings (SSSR count). The van der Waals surface area contributed by atoms with E-state index in [0.717, 1.165) is 33.9 Å². The minimum Gasteiger partial charge on any atom is -0.505 e. The molecule has 0 bridgehead atoms. The number of benzene rings is 1. The summed E-state index contributed by atoms with van der Waals surface area (Å²) in [5.41, 5.74) is 6.41. The van der Waals surface area contributed by atoms with E-state index in [0.29, 0.717) is 18.5 Å². The van der Waals surface area contributed by atoms with Crippen molar-refractivity contribution < 1.29 is 48.4 Å². The van der Waals surface area contributed by atoms with E-state index >= 15 is 0 Å². The van der Waals surface area contributed by atoms with Gasteiger partial charge in [0.1, 0.15) is 22.8 Å². The number of aromatic nitrogens is 2. The number of rotatable bonds is 10. The summed E-state index contributed by atoms with van der Waals surface area (Å²) in [6, 6.07) is 5.91. The van der Waals surface area contributed by atoms with Gasteiger partial charge in [0, 0.05) is 46.6 Å². The van der Waals surface area contributed by atoms with Crippen molar-refractivity contribution in [2.45, 2.75) is 30.9 Å². The zero-order valence-corrected chi connectivity index (χ0v) is 27.4. The Balaban J connectivity index is 1.10. The van der Waals surface area contributed by atoms with Gasteiger partial charge in [-0.2, -0.15) is 4.57 Å². The summed E-state index contributed by atoms with van der Waals surface area (Å²) >= 11 is 2.24. The molecule has 19 heteroatoms. The van der Waals surface area contributed by atoms with Gasteiger partial charge in [0.05, 0.1) is 6.54 Å². The van der Waals surface area contributed by atoms with E-state index < -0.39 is 52.4 Å². The van der Waals surface area contributed by atoms with Crippen LogP contribution in [-0.2, 0) is 37.1 Å². The highest BCUT2D eigenvalue weighted by Gasteiger charge is 2.54. The van der Waals surface area contributed by atoms with Crippen LogP contribution in [0.25, 0.3) is 0 Å². The maximum atomic E-state index is 13.6. The van der Waals surface area contributed by atoms with Crippen LogP contribution in [0.15, 0.2) is 76.2 Å². The number of hydrogen-bond acceptors (Lipinski definition) is 12. The molecule has 3 aliphatic heterocycles. The molecule has 2 atom stereocenters. The number of thiazole rings is 1. The van der Waals surface area contributed by atoms with Crippen LogP contribution in [0.3, 0.4) is 0 Å². The van der Waals surface area contributed by atoms with Gasteiger partial charge in [-0.3, -0.25) is 24.1 Å². The molecule has 2 aromatic heterocycles. The molecular formula is C31H28FN8O8S2+. The number of anilines is 2. The van der Waals surface area contributed by atoms with Gasteiger partial charge in [-0.25, -0.2) is 14.2 Å². The highest BCUT2D eigenvalue weighted by Crippen LogP contribution is 2.41. The largest absolute Gasteiger partial charge is 0.505 e. The minimum atomic E-state index is -1.37. The summed E-state index contributed by atoms with van der Waals surface area (Å²) < 4.78 is 15.2. The number of hydrogen-bond donors (Lipinski definition) is 6. The molecule has 4 amide bonds. The van der Waals surface area contributed by atoms with E-state index in [1.807, 2.05) is 0 Å². The first-order valence-corrected chi connectivity index (χ1v) is 16.8. The summed E-state index contributed by atoms with van der Waals surface area (Å²) in [5, 5.41) is 37.6. The number of thioether (sulfide) groups is 1. The summed E-state index contributed by atoms with van der Waals surface area (Å²) in [7, 11) is 0. The molecule has 50 heavy (non-hydrogen) atoms. The number of allylic oxidation sites excluding steroid dienone is 1. The SMILES string of the molecule is Nc1nc(/C(=N/O)C(=O)N[C@@H]2C(=O)N3C(C(=O)O)=C(/C=C4\CCN(Cc5ccc[n+](CC(=O)Nc6ccc(O)c(F)c6)c5)C4=O)CS[C@H]23)cs1. The Bertz CT molecular complexity index is 2030. The van der Waals surface area contributed by atoms with Gasteiger partial charge < -0.3 is 36.7 Å². The summed E-state index contributed by atoms with van der Waals surface area (Å²) in [5.74, 6) is -4.94. The maximum absolute atomic E-state index is 13.6. The van der Waals surface area contributed by atoms with Crippen LogP contribution >= 0.6 is 23.1 Å². The number of nitrogen functional groups attached to an aromatic ring is 1. The molecule has 7 N–H and O–H groups in total. The number of amides is 4. The lowest BCUT2D eigenvalue weighted by atomic mass is 10.0. The van der Waals surface area contributed by atoms with Crippen LogP contribution in [0.5, 0.6) is 5.75 Å². The third kappa shape index (κ3) is 6.85. The van der Waals surface area contributed by atoms with Crippen molar-refractivity contribution in [1.82, 2.24) is 20.1 Å². The van der Waals surface area contributed by atoms with Gasteiger partial charge in [0.15, 0.2) is 34.8 Å². The van der Waals surface area contributed by atoms with Gasteiger partial charge in [-0.1, -0.05) is 5.16 Å². The topological polar surface area (TPSA) is 232 Å². The van der Waals surface area contributed by atoms with Crippen LogP contribution in [0.1, 0.15) is 17.7 Å². The van der Waals surface area contributed by atoms with Crippen molar-refractivity contribution in [3.63, 3.8) is 0 Å². The highest BCUT2D eigenvalue weighted by atomic mass is 32.2. The fourth-order valence-electron chi connectivity index (χ4n) is 5.67. The van der Waals surface area contributed by atoms with Gasteiger partial charge in [0.25, 0.3) is 17.7 Å². The number of oxime groups is 1. The van der Waals surface area contributed by atoms with E-state index in [-0.39, 0.29) is 52.5 Å². The van der Waals surface area contributed by atoms with Crippen molar-refractivity contribution in [1.29, 1.82) is 0 Å². The molecule has 16 nitrogen and oxygen atoms in total. The molecule has 3 aliphatic rings. The summed E-state index contributed by atoms with van der Waals surface area (Å²) in [6.45, 7) is 0.465. The quantitative estimate of drug-likeness (QED) is 0.0325. The Morgan fingerprint density at radius 2 is 2.04 bits per heavy atom. The van der Waals surface area contributed by atoms with Crippen molar-refractivity contribution in [3.8, 4) is 5.75 Å². The third-order valence-corrected chi connectivity index (χ3v) is 9.95. The Hall–Kier alpha value is -5.82. The van der Waals surface area contributed by atoms with Gasteiger partial charge >= 0.3 is 5.97 Å². The number of carboxylic acids is 1. The number of phenolic OH excluding ortho intramolecular Hbond substituents is 1. The predicted molar refractivity (Wildman–Crippen MR) is 176 cm³/mol. The molecule has 0 aliphatic carbocycles. The molecule has 258 valence electrons. The van der Waals surface area contributed by atoms with Gasteiger partial charge in [0.2, 0.25) is 12.5 Å². The van der Waals surface area contributed by atoms with E-state index in [9.17, 15) is 43.8 Å². The minimum absolute atomic E-state index is 0.0161. The number of likely N-dealkylation sites (tertiary alicyclic amines) is 1. The number of β-lactam (4-membered cyclic amide) rings is 1. The molecule has 0 unspecified atom stereocenters. The number of phenols is 1.